The molecule has 0 saturated heterocycles. The summed E-state index contributed by atoms with van der Waals surface area (Å²) < 4.78 is 62.3. The van der Waals surface area contributed by atoms with Gasteiger partial charge in [0.25, 0.3) is 0 Å². The summed E-state index contributed by atoms with van der Waals surface area (Å²) in [5.41, 5.74) is 0.725. The number of halogens is 4. The second-order valence-electron chi connectivity index (χ2n) is 4.49. The number of nitrogens with zero attached hydrogens (tertiary/aromatic N) is 1. The number of hydrogen-bond donors (Lipinski definition) is 1. The fourth-order valence-corrected chi connectivity index (χ4v) is 3.77. The predicted octanol–water partition coefficient (Wildman–Crippen LogP) is 2.74. The lowest BCUT2D eigenvalue weighted by Crippen LogP contribution is -2.31. The van der Waals surface area contributed by atoms with Crippen molar-refractivity contribution in [3.63, 3.8) is 0 Å². The summed E-state index contributed by atoms with van der Waals surface area (Å²) in [5.74, 6) is 0. The van der Waals surface area contributed by atoms with Gasteiger partial charge in [0.2, 0.25) is 10.0 Å². The summed E-state index contributed by atoms with van der Waals surface area (Å²) in [6.07, 6.45) is -5.58. The Bertz CT molecular complexity index is 591. The van der Waals surface area contributed by atoms with E-state index in [9.17, 15) is 21.6 Å². The molecular weight excluding hydrogens is 373 g/mol. The lowest BCUT2D eigenvalue weighted by molar-refractivity contribution is -0.135. The molecule has 1 aromatic rings. The van der Waals surface area contributed by atoms with Crippen LogP contribution in [0.3, 0.4) is 0 Å². The first-order valence-electron chi connectivity index (χ1n) is 6.04. The molecule has 0 unspecified atom stereocenters. The van der Waals surface area contributed by atoms with Crippen molar-refractivity contribution < 1.29 is 21.6 Å². The lowest BCUT2D eigenvalue weighted by Gasteiger charge is -2.19. The summed E-state index contributed by atoms with van der Waals surface area (Å²) in [6.45, 7) is -0.156. The predicted molar refractivity (Wildman–Crippen MR) is 77.4 cm³/mol. The van der Waals surface area contributed by atoms with E-state index in [0.717, 1.165) is 12.6 Å². The molecule has 1 rings (SSSR count). The molecule has 0 aliphatic rings. The summed E-state index contributed by atoms with van der Waals surface area (Å²) >= 11 is 3.13. The van der Waals surface area contributed by atoms with Crippen LogP contribution in [0.2, 0.25) is 0 Å². The van der Waals surface area contributed by atoms with Crippen LogP contribution in [0.15, 0.2) is 27.6 Å². The summed E-state index contributed by atoms with van der Waals surface area (Å²) in [6, 6.07) is 4.74. The molecule has 0 atom stereocenters. The van der Waals surface area contributed by atoms with Crippen LogP contribution in [-0.4, -0.2) is 39.5 Å². The molecule has 9 heteroatoms. The number of rotatable bonds is 6. The third kappa shape index (κ3) is 5.24. The largest absolute Gasteiger partial charge is 0.390 e. The van der Waals surface area contributed by atoms with Gasteiger partial charge in [0, 0.05) is 24.6 Å². The second-order valence-corrected chi connectivity index (χ2v) is 7.35. The van der Waals surface area contributed by atoms with Gasteiger partial charge in [-0.1, -0.05) is 6.07 Å². The molecule has 0 saturated carbocycles. The zero-order valence-electron chi connectivity index (χ0n) is 11.5. The van der Waals surface area contributed by atoms with Crippen LogP contribution >= 0.6 is 15.9 Å². The van der Waals surface area contributed by atoms with E-state index in [1.807, 2.05) is 0 Å². The van der Waals surface area contributed by atoms with Crippen molar-refractivity contribution in [2.75, 3.05) is 20.6 Å². The van der Waals surface area contributed by atoms with E-state index in [1.54, 1.807) is 19.2 Å². The fourth-order valence-electron chi connectivity index (χ4n) is 1.63. The van der Waals surface area contributed by atoms with Crippen molar-refractivity contribution in [2.45, 2.75) is 24.0 Å². The average molecular weight is 389 g/mol. The van der Waals surface area contributed by atoms with Crippen LogP contribution in [0.1, 0.15) is 12.0 Å². The van der Waals surface area contributed by atoms with E-state index in [0.29, 0.717) is 15.3 Å². The van der Waals surface area contributed by atoms with Gasteiger partial charge in [-0.2, -0.15) is 13.2 Å². The van der Waals surface area contributed by atoms with Crippen molar-refractivity contribution in [1.29, 1.82) is 0 Å². The molecule has 0 spiro atoms. The molecule has 0 aliphatic carbocycles. The normalized spacial score (nSPS) is 12.9. The number of benzene rings is 1. The standard InChI is InChI=1S/C12H16BrF3N2O2S/c1-17-8-9-3-4-10(13)11(7-9)21(19,20)18(2)6-5-12(14,15)16/h3-4,7,17H,5-6,8H2,1-2H3. The van der Waals surface area contributed by atoms with E-state index in [1.165, 1.54) is 6.07 Å². The molecule has 0 aliphatic heterocycles. The molecule has 0 radical (unpaired) electrons. The first-order valence-corrected chi connectivity index (χ1v) is 8.27. The van der Waals surface area contributed by atoms with Gasteiger partial charge < -0.3 is 5.32 Å². The molecule has 0 aromatic heterocycles. The molecule has 4 nitrogen and oxygen atoms in total. The monoisotopic (exact) mass is 388 g/mol. The molecule has 0 bridgehead atoms. The summed E-state index contributed by atoms with van der Waals surface area (Å²) in [7, 11) is -1.12. The molecule has 120 valence electrons. The van der Waals surface area contributed by atoms with Gasteiger partial charge in [0.05, 0.1) is 11.3 Å². The van der Waals surface area contributed by atoms with Crippen LogP contribution in [0.4, 0.5) is 13.2 Å². The lowest BCUT2D eigenvalue weighted by atomic mass is 10.2. The van der Waals surface area contributed by atoms with E-state index in [4.69, 9.17) is 0 Å². The zero-order valence-corrected chi connectivity index (χ0v) is 13.9. The highest BCUT2D eigenvalue weighted by Gasteiger charge is 2.31. The maximum Gasteiger partial charge on any atom is 0.390 e. The molecular formula is C12H16BrF3N2O2S. The molecule has 1 N–H and O–H groups in total. The van der Waals surface area contributed by atoms with Crippen LogP contribution in [-0.2, 0) is 16.6 Å². The third-order valence-electron chi connectivity index (χ3n) is 2.77. The van der Waals surface area contributed by atoms with E-state index in [-0.39, 0.29) is 4.90 Å². The Morgan fingerprint density at radius 1 is 1.33 bits per heavy atom. The summed E-state index contributed by atoms with van der Waals surface area (Å²) in [5, 5.41) is 2.88. The maximum atomic E-state index is 12.3. The summed E-state index contributed by atoms with van der Waals surface area (Å²) in [4.78, 5) is -0.0417. The minimum Gasteiger partial charge on any atom is -0.316 e. The Hall–Kier alpha value is -0.640. The Morgan fingerprint density at radius 2 is 1.95 bits per heavy atom. The van der Waals surface area contributed by atoms with Crippen molar-refractivity contribution in [3.05, 3.63) is 28.2 Å². The minimum atomic E-state index is -4.39. The van der Waals surface area contributed by atoms with E-state index < -0.39 is 29.2 Å². The second kappa shape index (κ2) is 7.08. The minimum absolute atomic E-state index is 0.0417. The first kappa shape index (κ1) is 18.4. The van der Waals surface area contributed by atoms with Gasteiger partial charge in [0.1, 0.15) is 0 Å². The SMILES string of the molecule is CNCc1ccc(Br)c(S(=O)(=O)N(C)CCC(F)(F)F)c1. The molecule has 0 fully saturated rings. The van der Waals surface area contributed by atoms with Crippen molar-refractivity contribution in [2.24, 2.45) is 0 Å². The highest BCUT2D eigenvalue weighted by atomic mass is 79.9. The molecule has 0 amide bonds. The van der Waals surface area contributed by atoms with Gasteiger partial charge >= 0.3 is 6.18 Å². The van der Waals surface area contributed by atoms with Crippen LogP contribution in [0.25, 0.3) is 0 Å². The molecule has 0 heterocycles. The zero-order chi connectivity index (χ0) is 16.3. The highest BCUT2D eigenvalue weighted by molar-refractivity contribution is 9.10. The topological polar surface area (TPSA) is 49.4 Å². The van der Waals surface area contributed by atoms with Gasteiger partial charge in [-0.3, -0.25) is 0 Å². The first-order chi connectivity index (χ1) is 9.58. The Morgan fingerprint density at radius 3 is 2.48 bits per heavy atom. The van der Waals surface area contributed by atoms with E-state index >= 15 is 0 Å². The van der Waals surface area contributed by atoms with Crippen LogP contribution in [0, 0.1) is 0 Å². The Labute approximate surface area is 130 Å². The Kier molecular flexibility index (Phi) is 6.21. The smallest absolute Gasteiger partial charge is 0.316 e. The maximum absolute atomic E-state index is 12.3. The molecule has 1 aromatic carbocycles. The Balaban J connectivity index is 3.03. The van der Waals surface area contributed by atoms with Crippen LogP contribution in [0.5, 0.6) is 0 Å². The fraction of sp³-hybridized carbons (Fsp3) is 0.500. The van der Waals surface area contributed by atoms with Crippen molar-refractivity contribution in [3.8, 4) is 0 Å². The average Bonchev–Trinajstić information content (AvgIpc) is 2.37. The van der Waals surface area contributed by atoms with Gasteiger partial charge in [0.15, 0.2) is 0 Å². The van der Waals surface area contributed by atoms with E-state index in [2.05, 4.69) is 21.2 Å². The van der Waals surface area contributed by atoms with Gasteiger partial charge in [-0.15, -0.1) is 0 Å². The van der Waals surface area contributed by atoms with Crippen LogP contribution < -0.4 is 5.32 Å². The van der Waals surface area contributed by atoms with Crippen molar-refractivity contribution in [1.82, 2.24) is 9.62 Å². The van der Waals surface area contributed by atoms with Gasteiger partial charge in [-0.05, 0) is 40.7 Å². The number of alkyl halides is 3. The van der Waals surface area contributed by atoms with Gasteiger partial charge in [-0.25, -0.2) is 12.7 Å². The number of hydrogen-bond acceptors (Lipinski definition) is 3. The highest BCUT2D eigenvalue weighted by Crippen LogP contribution is 2.27. The number of nitrogens with one attached hydrogen (secondary N) is 1. The van der Waals surface area contributed by atoms with Crippen molar-refractivity contribution >= 4 is 26.0 Å². The quantitative estimate of drug-likeness (QED) is 0.814. The molecule has 21 heavy (non-hydrogen) atoms. The third-order valence-corrected chi connectivity index (χ3v) is 5.63. The number of sulfonamides is 1.